The summed E-state index contributed by atoms with van der Waals surface area (Å²) >= 11 is 0. The first kappa shape index (κ1) is 22.8. The lowest BCUT2D eigenvalue weighted by Crippen LogP contribution is -2.27. The van der Waals surface area contributed by atoms with Crippen LogP contribution in [0.4, 0.5) is 0 Å². The lowest BCUT2D eigenvalue weighted by Gasteiger charge is -2.23. The Kier molecular flexibility index (Phi) is 8.44. The fraction of sp³-hybridized carbons (Fsp3) is 0.346. The van der Waals surface area contributed by atoms with Crippen LogP contribution in [0, 0.1) is 0 Å². The van der Waals surface area contributed by atoms with E-state index in [1.165, 1.54) is 21.8 Å². The van der Waals surface area contributed by atoms with Crippen molar-refractivity contribution in [3.8, 4) is 11.5 Å². The molecular weight excluding hydrogens is 388 g/mol. The molecule has 2 aromatic rings. The molecule has 0 unspecified atom stereocenters. The molecule has 0 aromatic heterocycles. The van der Waals surface area contributed by atoms with Crippen molar-refractivity contribution < 1.29 is 14.7 Å². The quantitative estimate of drug-likeness (QED) is 0.244. The van der Waals surface area contributed by atoms with Gasteiger partial charge in [0.05, 0.1) is 6.61 Å². The van der Waals surface area contributed by atoms with Gasteiger partial charge in [0.15, 0.2) is 5.90 Å². The van der Waals surface area contributed by atoms with Gasteiger partial charge in [-0.25, -0.2) is 4.99 Å². The summed E-state index contributed by atoms with van der Waals surface area (Å²) in [6.45, 7) is 9.62. The van der Waals surface area contributed by atoms with Crippen LogP contribution in [0.2, 0.25) is 0 Å². The monoisotopic (exact) mass is 420 g/mol. The number of aliphatic imine (C=N–C) groups is 1. The second kappa shape index (κ2) is 11.5. The summed E-state index contributed by atoms with van der Waals surface area (Å²) in [4.78, 5) is 4.33. The highest BCUT2D eigenvalue weighted by Gasteiger charge is 2.14. The number of aryl methyl sites for hydroxylation is 1. The van der Waals surface area contributed by atoms with E-state index in [4.69, 9.17) is 9.47 Å². The highest BCUT2D eigenvalue weighted by Crippen LogP contribution is 2.23. The minimum atomic E-state index is 0.589. The number of hydrogen-bond acceptors (Lipinski definition) is 5. The Bertz CT molecular complexity index is 932. The number of fused-ring (bicyclic) bond motifs is 1. The van der Waals surface area contributed by atoms with Crippen LogP contribution in [0.25, 0.3) is 0 Å². The molecule has 0 saturated carbocycles. The molecule has 0 atom stereocenters. The van der Waals surface area contributed by atoms with Crippen molar-refractivity contribution in [2.45, 2.75) is 46.1 Å². The van der Waals surface area contributed by atoms with Gasteiger partial charge in [-0.1, -0.05) is 37.8 Å². The highest BCUT2D eigenvalue weighted by molar-refractivity contribution is 5.76. The second-order valence-corrected chi connectivity index (χ2v) is 7.68. The molecule has 0 spiro atoms. The van der Waals surface area contributed by atoms with E-state index < -0.39 is 0 Å². The molecule has 5 nitrogen and oxygen atoms in total. The van der Waals surface area contributed by atoms with Crippen LogP contribution < -0.4 is 9.47 Å². The van der Waals surface area contributed by atoms with Gasteiger partial charge in [0, 0.05) is 26.2 Å². The molecule has 1 aliphatic rings. The number of hydroxylamine groups is 2. The van der Waals surface area contributed by atoms with Crippen LogP contribution >= 0.6 is 0 Å². The summed E-state index contributed by atoms with van der Waals surface area (Å²) in [5.41, 5.74) is 4.76. The van der Waals surface area contributed by atoms with Crippen molar-refractivity contribution in [3.05, 3.63) is 83.6 Å². The van der Waals surface area contributed by atoms with Crippen LogP contribution in [0.1, 0.15) is 43.4 Å². The standard InChI is InChI=1S/C26H32N2O3/c1-4-21(5-2)18-27-20(3)31-25-11-8-22(9-12-25)7-6-16-30-26-13-10-24-19-28(29)15-14-23(24)17-26/h4,8-13,17-18,29H,1,5-7,14-16,19H2,2-3H3/b21-18+,27-20?. The Hall–Kier alpha value is -2.89. The Morgan fingerprint density at radius 3 is 2.68 bits per heavy atom. The lowest BCUT2D eigenvalue weighted by atomic mass is 10.0. The summed E-state index contributed by atoms with van der Waals surface area (Å²) in [6.07, 6.45) is 7.23. The maximum Gasteiger partial charge on any atom is 0.191 e. The van der Waals surface area contributed by atoms with Gasteiger partial charge in [-0.05, 0) is 72.2 Å². The van der Waals surface area contributed by atoms with Crippen LogP contribution in [0.5, 0.6) is 11.5 Å². The summed E-state index contributed by atoms with van der Waals surface area (Å²) in [6, 6.07) is 14.3. The minimum Gasteiger partial charge on any atom is -0.494 e. The first-order chi connectivity index (χ1) is 15.1. The molecule has 0 aliphatic carbocycles. The molecule has 1 aliphatic heterocycles. The molecule has 5 heteroatoms. The van der Waals surface area contributed by atoms with Crippen LogP contribution in [-0.4, -0.2) is 29.3 Å². The fourth-order valence-corrected chi connectivity index (χ4v) is 3.45. The normalized spacial score (nSPS) is 14.8. The molecule has 1 N–H and O–H groups in total. The zero-order chi connectivity index (χ0) is 22.1. The highest BCUT2D eigenvalue weighted by atomic mass is 16.5. The van der Waals surface area contributed by atoms with Crippen molar-refractivity contribution in [2.75, 3.05) is 13.2 Å². The summed E-state index contributed by atoms with van der Waals surface area (Å²) in [5, 5.41) is 11.0. The van der Waals surface area contributed by atoms with Gasteiger partial charge in [0.2, 0.25) is 0 Å². The third kappa shape index (κ3) is 7.09. The molecule has 0 saturated heterocycles. The number of allylic oxidation sites excluding steroid dienone is 2. The molecule has 31 heavy (non-hydrogen) atoms. The topological polar surface area (TPSA) is 54.3 Å². The van der Waals surface area contributed by atoms with E-state index in [0.29, 0.717) is 25.6 Å². The van der Waals surface area contributed by atoms with Crippen molar-refractivity contribution in [3.63, 3.8) is 0 Å². The van der Waals surface area contributed by atoms with Crippen molar-refractivity contribution in [1.82, 2.24) is 5.06 Å². The lowest BCUT2D eigenvalue weighted by molar-refractivity contribution is -0.103. The summed E-state index contributed by atoms with van der Waals surface area (Å²) in [7, 11) is 0. The van der Waals surface area contributed by atoms with E-state index in [1.807, 2.05) is 37.3 Å². The Balaban J connectivity index is 1.43. The molecule has 2 aromatic carbocycles. The molecule has 1 heterocycles. The largest absolute Gasteiger partial charge is 0.494 e. The van der Waals surface area contributed by atoms with Gasteiger partial charge >= 0.3 is 0 Å². The van der Waals surface area contributed by atoms with Gasteiger partial charge in [-0.3, -0.25) is 0 Å². The Morgan fingerprint density at radius 1 is 1.16 bits per heavy atom. The molecule has 0 bridgehead atoms. The first-order valence-electron chi connectivity index (χ1n) is 10.9. The van der Waals surface area contributed by atoms with Gasteiger partial charge in [0.1, 0.15) is 11.5 Å². The number of ether oxygens (including phenoxy) is 2. The number of benzene rings is 2. The molecule has 3 rings (SSSR count). The van der Waals surface area contributed by atoms with Crippen LogP contribution in [0.3, 0.4) is 0 Å². The first-order valence-corrected chi connectivity index (χ1v) is 10.9. The van der Waals surface area contributed by atoms with E-state index >= 15 is 0 Å². The van der Waals surface area contributed by atoms with Gasteiger partial charge in [0.25, 0.3) is 0 Å². The molecule has 0 amide bonds. The Labute approximate surface area is 185 Å². The van der Waals surface area contributed by atoms with Crippen LogP contribution in [-0.2, 0) is 19.4 Å². The number of nitrogens with zero attached hydrogens (tertiary/aromatic N) is 2. The average Bonchev–Trinajstić information content (AvgIpc) is 2.78. The average molecular weight is 421 g/mol. The summed E-state index contributed by atoms with van der Waals surface area (Å²) < 4.78 is 11.7. The number of rotatable bonds is 9. The maximum atomic E-state index is 9.61. The van der Waals surface area contributed by atoms with Crippen molar-refractivity contribution in [2.24, 2.45) is 4.99 Å². The molecule has 164 valence electrons. The van der Waals surface area contributed by atoms with E-state index in [9.17, 15) is 5.21 Å². The number of hydrogen-bond donors (Lipinski definition) is 1. The van der Waals surface area contributed by atoms with Gasteiger partial charge < -0.3 is 14.7 Å². The fourth-order valence-electron chi connectivity index (χ4n) is 3.45. The van der Waals surface area contributed by atoms with E-state index in [-0.39, 0.29) is 0 Å². The van der Waals surface area contributed by atoms with Crippen molar-refractivity contribution in [1.29, 1.82) is 0 Å². The van der Waals surface area contributed by atoms with E-state index in [0.717, 1.165) is 42.8 Å². The predicted molar refractivity (Wildman–Crippen MR) is 125 cm³/mol. The van der Waals surface area contributed by atoms with Crippen LogP contribution in [0.15, 0.2) is 71.9 Å². The predicted octanol–water partition coefficient (Wildman–Crippen LogP) is 5.72. The summed E-state index contributed by atoms with van der Waals surface area (Å²) in [5.74, 6) is 2.29. The third-order valence-electron chi connectivity index (χ3n) is 5.32. The molecule has 0 fully saturated rings. The smallest absolute Gasteiger partial charge is 0.191 e. The van der Waals surface area contributed by atoms with Gasteiger partial charge in [-0.2, -0.15) is 5.06 Å². The minimum absolute atomic E-state index is 0.589. The van der Waals surface area contributed by atoms with Gasteiger partial charge in [-0.15, -0.1) is 0 Å². The Morgan fingerprint density at radius 2 is 1.94 bits per heavy atom. The van der Waals surface area contributed by atoms with E-state index in [2.05, 4.69) is 36.7 Å². The second-order valence-electron chi connectivity index (χ2n) is 7.68. The zero-order valence-corrected chi connectivity index (χ0v) is 18.5. The van der Waals surface area contributed by atoms with Crippen molar-refractivity contribution >= 4 is 5.90 Å². The van der Waals surface area contributed by atoms with E-state index in [1.54, 1.807) is 6.20 Å². The SMILES string of the molecule is C=C/C(=C\N=C(C)Oc1ccc(CCCOc2ccc3c(c2)CCN(O)C3)cc1)CC. The molecule has 0 radical (unpaired) electrons. The molecular formula is C26H32N2O3. The third-order valence-corrected chi connectivity index (χ3v) is 5.32. The zero-order valence-electron chi connectivity index (χ0n) is 18.5. The maximum absolute atomic E-state index is 9.61.